The Bertz CT molecular complexity index is 1150. The Hall–Kier alpha value is -3.09. The van der Waals surface area contributed by atoms with Gasteiger partial charge in [-0.15, -0.1) is 0 Å². The van der Waals surface area contributed by atoms with Crippen molar-refractivity contribution in [3.63, 3.8) is 0 Å². The van der Waals surface area contributed by atoms with Gasteiger partial charge in [0.2, 0.25) is 5.91 Å². The number of nitrogens with zero attached hydrogens (tertiary/aromatic N) is 1. The summed E-state index contributed by atoms with van der Waals surface area (Å²) in [6.07, 6.45) is 1.66. The second-order valence-corrected chi connectivity index (χ2v) is 8.77. The minimum absolute atomic E-state index is 0.211. The number of amides is 1. The molecule has 4 rings (SSSR count). The van der Waals surface area contributed by atoms with Gasteiger partial charge in [-0.3, -0.25) is 9.69 Å². The lowest BCUT2D eigenvalue weighted by Crippen LogP contribution is -2.44. The molecule has 0 bridgehead atoms. The molecule has 1 heterocycles. The summed E-state index contributed by atoms with van der Waals surface area (Å²) in [5, 5.41) is 0.393. The summed E-state index contributed by atoms with van der Waals surface area (Å²) in [6, 6.07) is 17.3. The van der Waals surface area contributed by atoms with Crippen LogP contribution < -0.4 is 15.2 Å². The minimum Gasteiger partial charge on any atom is -0.493 e. The summed E-state index contributed by atoms with van der Waals surface area (Å²) in [5.41, 5.74) is 9.34. The van der Waals surface area contributed by atoms with E-state index in [9.17, 15) is 9.18 Å². The highest BCUT2D eigenvalue weighted by atomic mass is 35.5. The number of fused-ring (bicyclic) bond motifs is 1. The van der Waals surface area contributed by atoms with Crippen molar-refractivity contribution in [2.24, 2.45) is 5.73 Å². The Kier molecular flexibility index (Phi) is 7.39. The second kappa shape index (κ2) is 10.5. The number of halogens is 2. The molecule has 3 aromatic carbocycles. The predicted octanol–water partition coefficient (Wildman–Crippen LogP) is 5.25. The van der Waals surface area contributed by atoms with Crippen molar-refractivity contribution in [3.8, 4) is 11.5 Å². The molecule has 2 unspecified atom stereocenters. The third kappa shape index (κ3) is 4.74. The fourth-order valence-corrected chi connectivity index (χ4v) is 5.14. The first-order chi connectivity index (χ1) is 16.4. The average Bonchev–Trinajstić information content (AvgIpc) is 2.84. The monoisotopic (exact) mass is 482 g/mol. The summed E-state index contributed by atoms with van der Waals surface area (Å²) < 4.78 is 25.6. The quantitative estimate of drug-likeness (QED) is 0.476. The highest BCUT2D eigenvalue weighted by Crippen LogP contribution is 2.43. The van der Waals surface area contributed by atoms with Crippen LogP contribution in [0.3, 0.4) is 0 Å². The van der Waals surface area contributed by atoms with Gasteiger partial charge in [-0.05, 0) is 60.2 Å². The summed E-state index contributed by atoms with van der Waals surface area (Å²) in [7, 11) is 3.20. The molecule has 0 saturated heterocycles. The standard InChI is InChI=1S/C27H28ClFN2O3/c1-33-24-15-18-13-14-31(26(27(30)32)17-7-4-3-5-8-17)23(20(18)16-25(24)34-2)12-11-19-21(28)9-6-10-22(19)29/h3-10,15-16,23,26H,11-14H2,1-2H3,(H2,30,32). The number of ether oxygens (including phenoxy) is 2. The Morgan fingerprint density at radius 1 is 1.12 bits per heavy atom. The van der Waals surface area contributed by atoms with Crippen molar-refractivity contribution >= 4 is 17.5 Å². The average molecular weight is 483 g/mol. The maximum Gasteiger partial charge on any atom is 0.239 e. The summed E-state index contributed by atoms with van der Waals surface area (Å²) in [6.45, 7) is 0.612. The van der Waals surface area contributed by atoms with Gasteiger partial charge in [-0.2, -0.15) is 0 Å². The molecule has 0 spiro atoms. The fraction of sp³-hybridized carbons (Fsp3) is 0.296. The van der Waals surface area contributed by atoms with Crippen LogP contribution in [-0.4, -0.2) is 31.6 Å². The first-order valence-corrected chi connectivity index (χ1v) is 11.6. The molecule has 2 N–H and O–H groups in total. The molecule has 1 aliphatic heterocycles. The zero-order valence-corrected chi connectivity index (χ0v) is 20.0. The Morgan fingerprint density at radius 2 is 1.82 bits per heavy atom. The third-order valence-corrected chi connectivity index (χ3v) is 6.84. The maximum absolute atomic E-state index is 14.6. The van der Waals surface area contributed by atoms with Gasteiger partial charge in [0.15, 0.2) is 11.5 Å². The normalized spacial score (nSPS) is 16.5. The third-order valence-electron chi connectivity index (χ3n) is 6.49. The zero-order valence-electron chi connectivity index (χ0n) is 19.3. The smallest absolute Gasteiger partial charge is 0.239 e. The number of methoxy groups -OCH3 is 2. The molecule has 0 aromatic heterocycles. The Labute approximate surface area is 204 Å². The van der Waals surface area contributed by atoms with Gasteiger partial charge in [0, 0.05) is 23.2 Å². The SMILES string of the molecule is COc1cc2c(cc1OC)C(CCc1c(F)cccc1Cl)N(C(C(N)=O)c1ccccc1)CC2. The Morgan fingerprint density at radius 3 is 2.47 bits per heavy atom. The molecule has 0 fully saturated rings. The number of carbonyl (C=O) groups is 1. The largest absolute Gasteiger partial charge is 0.493 e. The first kappa shape index (κ1) is 24.0. The van der Waals surface area contributed by atoms with Crippen LogP contribution in [0.4, 0.5) is 4.39 Å². The van der Waals surface area contributed by atoms with Gasteiger partial charge in [-0.1, -0.05) is 48.0 Å². The van der Waals surface area contributed by atoms with Crippen LogP contribution in [0.5, 0.6) is 11.5 Å². The molecule has 7 heteroatoms. The lowest BCUT2D eigenvalue weighted by molar-refractivity contribution is -0.124. The van der Waals surface area contributed by atoms with Crippen molar-refractivity contribution in [2.75, 3.05) is 20.8 Å². The van der Waals surface area contributed by atoms with Gasteiger partial charge in [0.25, 0.3) is 0 Å². The van der Waals surface area contributed by atoms with E-state index in [0.29, 0.717) is 47.9 Å². The molecule has 0 aliphatic carbocycles. The molecular formula is C27H28ClFN2O3. The van der Waals surface area contributed by atoms with Crippen molar-refractivity contribution in [1.82, 2.24) is 4.90 Å². The number of hydrogen-bond donors (Lipinski definition) is 1. The fourth-order valence-electron chi connectivity index (χ4n) is 4.88. The number of carbonyl (C=O) groups excluding carboxylic acids is 1. The van der Waals surface area contributed by atoms with Crippen LogP contribution in [0.1, 0.15) is 40.8 Å². The number of rotatable bonds is 8. The van der Waals surface area contributed by atoms with E-state index in [-0.39, 0.29) is 11.9 Å². The number of nitrogens with two attached hydrogens (primary N) is 1. The lowest BCUT2D eigenvalue weighted by Gasteiger charge is -2.41. The van der Waals surface area contributed by atoms with E-state index in [1.54, 1.807) is 26.4 Å². The molecule has 178 valence electrons. The molecule has 1 amide bonds. The van der Waals surface area contributed by atoms with Gasteiger partial charge in [-0.25, -0.2) is 4.39 Å². The summed E-state index contributed by atoms with van der Waals surface area (Å²) >= 11 is 6.32. The molecule has 1 aliphatic rings. The van der Waals surface area contributed by atoms with E-state index in [1.807, 2.05) is 42.5 Å². The van der Waals surface area contributed by atoms with Gasteiger partial charge < -0.3 is 15.2 Å². The van der Waals surface area contributed by atoms with Gasteiger partial charge in [0.1, 0.15) is 11.9 Å². The van der Waals surface area contributed by atoms with Crippen molar-refractivity contribution < 1.29 is 18.7 Å². The lowest BCUT2D eigenvalue weighted by atomic mass is 9.86. The van der Waals surface area contributed by atoms with Crippen LogP contribution in [0, 0.1) is 5.82 Å². The van der Waals surface area contributed by atoms with E-state index in [1.165, 1.54) is 6.07 Å². The van der Waals surface area contributed by atoms with E-state index in [0.717, 1.165) is 16.7 Å². The molecule has 2 atom stereocenters. The van der Waals surface area contributed by atoms with E-state index in [4.69, 9.17) is 26.8 Å². The maximum atomic E-state index is 14.6. The summed E-state index contributed by atoms with van der Waals surface area (Å²) in [4.78, 5) is 14.8. The molecular weight excluding hydrogens is 455 g/mol. The second-order valence-electron chi connectivity index (χ2n) is 8.36. The topological polar surface area (TPSA) is 64.8 Å². The molecule has 0 saturated carbocycles. The molecule has 34 heavy (non-hydrogen) atoms. The molecule has 5 nitrogen and oxygen atoms in total. The Balaban J connectivity index is 1.78. The van der Waals surface area contributed by atoms with Crippen LogP contribution in [0.25, 0.3) is 0 Å². The van der Waals surface area contributed by atoms with Crippen LogP contribution in [0.15, 0.2) is 60.7 Å². The zero-order chi connectivity index (χ0) is 24.2. The summed E-state index contributed by atoms with van der Waals surface area (Å²) in [5.74, 6) is 0.494. The van der Waals surface area contributed by atoms with Gasteiger partial charge in [0.05, 0.1) is 14.2 Å². The first-order valence-electron chi connectivity index (χ1n) is 11.2. The number of benzene rings is 3. The van der Waals surface area contributed by atoms with E-state index >= 15 is 0 Å². The van der Waals surface area contributed by atoms with E-state index in [2.05, 4.69) is 4.90 Å². The highest BCUT2D eigenvalue weighted by molar-refractivity contribution is 6.31. The van der Waals surface area contributed by atoms with Crippen molar-refractivity contribution in [2.45, 2.75) is 31.3 Å². The van der Waals surface area contributed by atoms with Gasteiger partial charge >= 0.3 is 0 Å². The van der Waals surface area contributed by atoms with Crippen LogP contribution in [-0.2, 0) is 17.6 Å². The predicted molar refractivity (Wildman–Crippen MR) is 131 cm³/mol. The van der Waals surface area contributed by atoms with Crippen molar-refractivity contribution in [3.05, 3.63) is 93.8 Å². The van der Waals surface area contributed by atoms with Crippen LogP contribution in [0.2, 0.25) is 5.02 Å². The van der Waals surface area contributed by atoms with Crippen molar-refractivity contribution in [1.29, 1.82) is 0 Å². The highest BCUT2D eigenvalue weighted by Gasteiger charge is 2.36. The number of hydrogen-bond acceptors (Lipinski definition) is 4. The van der Waals surface area contributed by atoms with E-state index < -0.39 is 11.9 Å². The number of primary amides is 1. The molecule has 0 radical (unpaired) electrons. The minimum atomic E-state index is -0.622. The van der Waals surface area contributed by atoms with Crippen LogP contribution >= 0.6 is 11.6 Å². The molecule has 3 aromatic rings.